The van der Waals surface area contributed by atoms with Crippen molar-refractivity contribution in [2.45, 2.75) is 12.5 Å². The van der Waals surface area contributed by atoms with Gasteiger partial charge >= 0.3 is 0 Å². The number of pyridine rings is 1. The second-order valence-electron chi connectivity index (χ2n) is 3.82. The number of aromatic nitrogens is 1. The molecule has 0 aliphatic heterocycles. The average Bonchev–Trinajstić information content (AvgIpc) is 2.34. The fraction of sp³-hybridized carbons (Fsp3) is 0.250. The average molecular weight is 336 g/mol. The quantitative estimate of drug-likeness (QED) is 0.931. The maximum Gasteiger partial charge on any atom is 0.277 e. The lowest BCUT2D eigenvalue weighted by Gasteiger charge is -2.16. The number of halogens is 4. The molecule has 0 fully saturated rings. The lowest BCUT2D eigenvalue weighted by Crippen LogP contribution is -2.28. The first-order valence-electron chi connectivity index (χ1n) is 5.34. The van der Waals surface area contributed by atoms with E-state index in [1.54, 1.807) is 12.1 Å². The number of fused-ring (bicyclic) bond motifs is 1. The number of benzene rings is 1. The van der Waals surface area contributed by atoms with Crippen LogP contribution < -0.4 is 10.3 Å². The van der Waals surface area contributed by atoms with Crippen molar-refractivity contribution in [2.24, 2.45) is 0 Å². The van der Waals surface area contributed by atoms with E-state index in [0.717, 1.165) is 0 Å². The predicted molar refractivity (Wildman–Crippen MR) is 68.7 cm³/mol. The molecule has 1 aromatic carbocycles. The van der Waals surface area contributed by atoms with E-state index in [0.29, 0.717) is 9.86 Å². The highest BCUT2D eigenvalue weighted by molar-refractivity contribution is 9.10. The van der Waals surface area contributed by atoms with E-state index in [9.17, 15) is 18.0 Å². The molecule has 7 heteroatoms. The number of H-pyrrole nitrogens is 1. The van der Waals surface area contributed by atoms with Gasteiger partial charge in [-0.25, -0.2) is 13.2 Å². The van der Waals surface area contributed by atoms with Crippen molar-refractivity contribution in [3.8, 4) is 5.75 Å². The molecule has 0 amide bonds. The fourth-order valence-electron chi connectivity index (χ4n) is 1.66. The lowest BCUT2D eigenvalue weighted by atomic mass is 10.1. The summed E-state index contributed by atoms with van der Waals surface area (Å²) in [6.45, 7) is -1.34. The van der Waals surface area contributed by atoms with Gasteiger partial charge in [-0.1, -0.05) is 15.9 Å². The van der Waals surface area contributed by atoms with Crippen molar-refractivity contribution in [2.75, 3.05) is 6.67 Å². The van der Waals surface area contributed by atoms with Crippen molar-refractivity contribution >= 4 is 26.7 Å². The van der Waals surface area contributed by atoms with Gasteiger partial charge in [0.15, 0.2) is 6.10 Å². The first kappa shape index (κ1) is 13.9. The number of aromatic amines is 1. The Morgan fingerprint density at radius 1 is 1.37 bits per heavy atom. The van der Waals surface area contributed by atoms with Crippen LogP contribution in [0, 0.1) is 0 Å². The summed E-state index contributed by atoms with van der Waals surface area (Å²) in [6.07, 6.45) is -3.43. The third-order valence-electron chi connectivity index (χ3n) is 2.51. The lowest BCUT2D eigenvalue weighted by molar-refractivity contribution is -0.000426. The maximum atomic E-state index is 12.5. The SMILES string of the molecule is O=c1[nH]ccc2cc(Br)cc(OC(CF)C(F)F)c12. The molecule has 0 spiro atoms. The zero-order valence-corrected chi connectivity index (χ0v) is 11.1. The maximum absolute atomic E-state index is 12.5. The van der Waals surface area contributed by atoms with E-state index in [2.05, 4.69) is 20.9 Å². The first-order chi connectivity index (χ1) is 9.02. The van der Waals surface area contributed by atoms with Crippen LogP contribution in [0.15, 0.2) is 33.7 Å². The van der Waals surface area contributed by atoms with Crippen LogP contribution in [0.5, 0.6) is 5.75 Å². The molecule has 1 aromatic heterocycles. The molecule has 0 bridgehead atoms. The summed E-state index contributed by atoms with van der Waals surface area (Å²) >= 11 is 3.18. The highest BCUT2D eigenvalue weighted by Crippen LogP contribution is 2.29. The number of nitrogens with one attached hydrogen (secondary N) is 1. The van der Waals surface area contributed by atoms with Gasteiger partial charge in [-0.2, -0.15) is 0 Å². The van der Waals surface area contributed by atoms with E-state index in [1.807, 2.05) is 0 Å². The first-order valence-corrected chi connectivity index (χ1v) is 6.14. The number of hydrogen-bond donors (Lipinski definition) is 1. The Labute approximate surface area is 114 Å². The van der Waals surface area contributed by atoms with Gasteiger partial charge in [-0.15, -0.1) is 0 Å². The Morgan fingerprint density at radius 2 is 2.11 bits per heavy atom. The van der Waals surface area contributed by atoms with Gasteiger partial charge in [-0.3, -0.25) is 4.79 Å². The van der Waals surface area contributed by atoms with Gasteiger partial charge in [0.05, 0.1) is 5.39 Å². The van der Waals surface area contributed by atoms with Gasteiger partial charge in [0.2, 0.25) is 0 Å². The minimum absolute atomic E-state index is 0.0748. The molecular formula is C12H9BrF3NO2. The largest absolute Gasteiger partial charge is 0.481 e. The van der Waals surface area contributed by atoms with Crippen LogP contribution in [0.1, 0.15) is 0 Å². The third-order valence-corrected chi connectivity index (χ3v) is 2.97. The zero-order chi connectivity index (χ0) is 14.0. The second kappa shape index (κ2) is 5.64. The number of hydrogen-bond acceptors (Lipinski definition) is 2. The van der Waals surface area contributed by atoms with E-state index < -0.39 is 24.8 Å². The molecule has 0 aliphatic rings. The molecule has 102 valence electrons. The third kappa shape index (κ3) is 2.91. The normalized spacial score (nSPS) is 12.9. The minimum Gasteiger partial charge on any atom is -0.481 e. The second-order valence-corrected chi connectivity index (χ2v) is 4.74. The zero-order valence-electron chi connectivity index (χ0n) is 9.50. The van der Waals surface area contributed by atoms with E-state index in [-0.39, 0.29) is 11.1 Å². The summed E-state index contributed by atoms with van der Waals surface area (Å²) in [7, 11) is 0. The molecule has 19 heavy (non-hydrogen) atoms. The van der Waals surface area contributed by atoms with Crippen LogP contribution in [0.2, 0.25) is 0 Å². The summed E-state index contributed by atoms with van der Waals surface area (Å²) in [6, 6.07) is 4.61. The van der Waals surface area contributed by atoms with E-state index in [1.165, 1.54) is 12.3 Å². The van der Waals surface area contributed by atoms with Crippen LogP contribution in [-0.4, -0.2) is 24.2 Å². The van der Waals surface area contributed by atoms with Gasteiger partial charge < -0.3 is 9.72 Å². The molecule has 2 aromatic rings. The highest BCUT2D eigenvalue weighted by atomic mass is 79.9. The van der Waals surface area contributed by atoms with Crippen LogP contribution in [0.25, 0.3) is 10.8 Å². The van der Waals surface area contributed by atoms with Gasteiger partial charge in [0.25, 0.3) is 12.0 Å². The predicted octanol–water partition coefficient (Wildman–Crippen LogP) is 3.27. The number of rotatable bonds is 4. The molecule has 1 unspecified atom stereocenters. The molecule has 1 heterocycles. The van der Waals surface area contributed by atoms with Crippen molar-refractivity contribution in [3.05, 3.63) is 39.2 Å². The number of alkyl halides is 3. The van der Waals surface area contributed by atoms with Crippen LogP contribution in [0.3, 0.4) is 0 Å². The molecule has 1 atom stereocenters. The summed E-state index contributed by atoms with van der Waals surface area (Å²) in [5.41, 5.74) is -0.480. The summed E-state index contributed by atoms with van der Waals surface area (Å²) in [5, 5.41) is 0.629. The van der Waals surface area contributed by atoms with E-state index >= 15 is 0 Å². The van der Waals surface area contributed by atoms with Gasteiger partial charge in [-0.05, 0) is 23.6 Å². The van der Waals surface area contributed by atoms with Crippen molar-refractivity contribution in [1.29, 1.82) is 0 Å². The summed E-state index contributed by atoms with van der Waals surface area (Å²) < 4.78 is 43.0. The van der Waals surface area contributed by atoms with E-state index in [4.69, 9.17) is 4.74 Å². The minimum atomic E-state index is -2.97. The van der Waals surface area contributed by atoms with Gasteiger partial charge in [0.1, 0.15) is 12.4 Å². The fourth-order valence-corrected chi connectivity index (χ4v) is 2.12. The number of ether oxygens (including phenoxy) is 1. The summed E-state index contributed by atoms with van der Waals surface area (Å²) in [5.74, 6) is -0.0748. The Morgan fingerprint density at radius 3 is 2.74 bits per heavy atom. The molecule has 1 N–H and O–H groups in total. The van der Waals surface area contributed by atoms with Crippen LogP contribution in [0.4, 0.5) is 13.2 Å². The Hall–Kier alpha value is -1.50. The van der Waals surface area contributed by atoms with Crippen molar-refractivity contribution in [1.82, 2.24) is 4.98 Å². The highest BCUT2D eigenvalue weighted by Gasteiger charge is 2.23. The Kier molecular flexibility index (Phi) is 4.14. The smallest absolute Gasteiger partial charge is 0.277 e. The topological polar surface area (TPSA) is 42.1 Å². The molecule has 0 saturated carbocycles. The molecule has 0 radical (unpaired) electrons. The Balaban J connectivity index is 2.56. The summed E-state index contributed by atoms with van der Waals surface area (Å²) in [4.78, 5) is 14.1. The van der Waals surface area contributed by atoms with Crippen molar-refractivity contribution < 1.29 is 17.9 Å². The molecule has 0 saturated heterocycles. The van der Waals surface area contributed by atoms with Crippen LogP contribution >= 0.6 is 15.9 Å². The Bertz CT molecular complexity index is 644. The standard InChI is InChI=1S/C12H9BrF3NO2/c13-7-3-6-1-2-17-12(18)10(6)8(4-7)19-9(5-14)11(15)16/h1-4,9,11H,5H2,(H,17,18). The monoisotopic (exact) mass is 335 g/mol. The van der Waals surface area contributed by atoms with Gasteiger partial charge in [0, 0.05) is 10.7 Å². The molecule has 0 aliphatic carbocycles. The van der Waals surface area contributed by atoms with Crippen molar-refractivity contribution in [3.63, 3.8) is 0 Å². The molecular weight excluding hydrogens is 327 g/mol. The molecule has 2 rings (SSSR count). The van der Waals surface area contributed by atoms with Crippen LogP contribution in [-0.2, 0) is 0 Å². The molecule has 3 nitrogen and oxygen atoms in total.